The van der Waals surface area contributed by atoms with Crippen LogP contribution in [-0.2, 0) is 0 Å². The van der Waals surface area contributed by atoms with Gasteiger partial charge < -0.3 is 11.1 Å². The highest BCUT2D eigenvalue weighted by Gasteiger charge is 2.17. The summed E-state index contributed by atoms with van der Waals surface area (Å²) in [6.45, 7) is 5.26. The fraction of sp³-hybridized carbons (Fsp3) is 0.417. The zero-order valence-corrected chi connectivity index (χ0v) is 13.4. The highest BCUT2D eigenvalue weighted by molar-refractivity contribution is 9.10. The van der Waals surface area contributed by atoms with Crippen molar-refractivity contribution < 1.29 is 0 Å². The summed E-state index contributed by atoms with van der Waals surface area (Å²) in [6, 6.07) is 5.91. The summed E-state index contributed by atoms with van der Waals surface area (Å²) >= 11 is 10.4. The van der Waals surface area contributed by atoms with Gasteiger partial charge in [0, 0.05) is 27.0 Å². The van der Waals surface area contributed by atoms with E-state index in [0.717, 1.165) is 22.3 Å². The Balaban J connectivity index is 2.92. The van der Waals surface area contributed by atoms with Crippen molar-refractivity contribution in [1.82, 2.24) is 0 Å². The minimum atomic E-state index is 0.176. The molecule has 0 bridgehead atoms. The summed E-state index contributed by atoms with van der Waals surface area (Å²) in [5, 5.41) is 3.41. The molecule has 0 unspecified atom stereocenters. The molecule has 0 atom stereocenters. The molecule has 0 aliphatic rings. The molecule has 0 spiro atoms. The first-order chi connectivity index (χ1) is 7.87. The van der Waals surface area contributed by atoms with Crippen LogP contribution in [0.25, 0.3) is 0 Å². The van der Waals surface area contributed by atoms with Gasteiger partial charge in [-0.2, -0.15) is 11.8 Å². The molecule has 5 heteroatoms. The number of thioether (sulfide) groups is 1. The van der Waals surface area contributed by atoms with Gasteiger partial charge >= 0.3 is 0 Å². The van der Waals surface area contributed by atoms with E-state index >= 15 is 0 Å². The van der Waals surface area contributed by atoms with Gasteiger partial charge in [-0.15, -0.1) is 0 Å². The lowest BCUT2D eigenvalue weighted by molar-refractivity contribution is 0.752. The minimum Gasteiger partial charge on any atom is -0.389 e. The number of benzene rings is 1. The maximum absolute atomic E-state index is 5.74. The molecule has 3 N–H and O–H groups in total. The number of hydrogen-bond acceptors (Lipinski definition) is 3. The third kappa shape index (κ3) is 4.16. The van der Waals surface area contributed by atoms with Gasteiger partial charge in [-0.3, -0.25) is 0 Å². The van der Waals surface area contributed by atoms with Crippen LogP contribution in [0.1, 0.15) is 19.4 Å². The summed E-state index contributed by atoms with van der Waals surface area (Å²) in [5.74, 6) is 0. The predicted octanol–water partition coefficient (Wildman–Crippen LogP) is 3.64. The van der Waals surface area contributed by atoms with Crippen molar-refractivity contribution in [1.29, 1.82) is 0 Å². The van der Waals surface area contributed by atoms with Gasteiger partial charge in [0.15, 0.2) is 0 Å². The molecule has 2 nitrogen and oxygen atoms in total. The summed E-state index contributed by atoms with van der Waals surface area (Å²) in [7, 11) is 0. The van der Waals surface area contributed by atoms with Crippen LogP contribution in [0.5, 0.6) is 0 Å². The number of hydrogen-bond donors (Lipinski definition) is 2. The van der Waals surface area contributed by atoms with E-state index < -0.39 is 0 Å². The molecule has 0 aliphatic heterocycles. The first-order valence-electron chi connectivity index (χ1n) is 5.25. The average Bonchev–Trinajstić information content (AvgIpc) is 2.26. The van der Waals surface area contributed by atoms with E-state index in [9.17, 15) is 0 Å². The number of anilines is 1. The standard InChI is InChI=1S/C12H17BrN2S2/c1-12(2,17-3)7-15-9-6-4-5-8(13)10(9)11(14)16/h4-6,15H,7H2,1-3H3,(H2,14,16). The van der Waals surface area contributed by atoms with E-state index in [2.05, 4.69) is 41.3 Å². The molecule has 1 rings (SSSR count). The summed E-state index contributed by atoms with van der Waals surface area (Å²) in [6.07, 6.45) is 2.11. The Kier molecular flexibility index (Phi) is 5.28. The molecule has 0 aromatic heterocycles. The second kappa shape index (κ2) is 6.07. The maximum Gasteiger partial charge on any atom is 0.107 e. The summed E-state index contributed by atoms with van der Waals surface area (Å²) in [4.78, 5) is 0.405. The van der Waals surface area contributed by atoms with Crippen LogP contribution >= 0.6 is 39.9 Å². The molecular weight excluding hydrogens is 316 g/mol. The van der Waals surface area contributed by atoms with Crippen LogP contribution in [0.15, 0.2) is 22.7 Å². The third-order valence-electron chi connectivity index (χ3n) is 2.52. The van der Waals surface area contributed by atoms with E-state index in [1.54, 1.807) is 0 Å². The predicted molar refractivity (Wildman–Crippen MR) is 86.1 cm³/mol. The van der Waals surface area contributed by atoms with E-state index in [1.807, 2.05) is 30.0 Å². The Hall–Kier alpha value is -0.260. The van der Waals surface area contributed by atoms with Crippen molar-refractivity contribution in [2.24, 2.45) is 5.73 Å². The van der Waals surface area contributed by atoms with Crippen molar-refractivity contribution in [3.63, 3.8) is 0 Å². The second-order valence-electron chi connectivity index (χ2n) is 4.34. The first-order valence-corrected chi connectivity index (χ1v) is 7.67. The van der Waals surface area contributed by atoms with Crippen molar-refractivity contribution >= 4 is 50.6 Å². The van der Waals surface area contributed by atoms with Crippen LogP contribution in [0.2, 0.25) is 0 Å². The molecule has 0 aliphatic carbocycles. The SMILES string of the molecule is CSC(C)(C)CNc1cccc(Br)c1C(N)=S. The van der Waals surface area contributed by atoms with Crippen molar-refractivity contribution in [2.45, 2.75) is 18.6 Å². The topological polar surface area (TPSA) is 38.0 Å². The Morgan fingerprint density at radius 1 is 1.53 bits per heavy atom. The van der Waals surface area contributed by atoms with Crippen LogP contribution in [0, 0.1) is 0 Å². The van der Waals surface area contributed by atoms with E-state index in [4.69, 9.17) is 18.0 Å². The van der Waals surface area contributed by atoms with Crippen molar-refractivity contribution in [3.8, 4) is 0 Å². The molecule has 0 saturated heterocycles. The van der Waals surface area contributed by atoms with Crippen LogP contribution in [0.3, 0.4) is 0 Å². The molecule has 0 fully saturated rings. The maximum atomic E-state index is 5.74. The van der Waals surface area contributed by atoms with Crippen molar-refractivity contribution in [2.75, 3.05) is 18.1 Å². The molecule has 0 saturated carbocycles. The molecule has 94 valence electrons. The van der Waals surface area contributed by atoms with Crippen LogP contribution in [-0.4, -0.2) is 22.5 Å². The smallest absolute Gasteiger partial charge is 0.107 e. The molecule has 1 aromatic carbocycles. The number of thiocarbonyl (C=S) groups is 1. The molecular formula is C12H17BrN2S2. The minimum absolute atomic E-state index is 0.176. The molecule has 0 heterocycles. The van der Waals surface area contributed by atoms with Crippen LogP contribution in [0.4, 0.5) is 5.69 Å². The zero-order chi connectivity index (χ0) is 13.1. The third-order valence-corrected chi connectivity index (χ3v) is 4.63. The van der Waals surface area contributed by atoms with E-state index in [1.165, 1.54) is 0 Å². The largest absolute Gasteiger partial charge is 0.389 e. The lowest BCUT2D eigenvalue weighted by atomic mass is 10.1. The summed E-state index contributed by atoms with van der Waals surface area (Å²) in [5.41, 5.74) is 7.60. The Morgan fingerprint density at radius 3 is 2.71 bits per heavy atom. The van der Waals surface area contributed by atoms with Gasteiger partial charge in [-0.25, -0.2) is 0 Å². The Morgan fingerprint density at radius 2 is 2.18 bits per heavy atom. The average molecular weight is 333 g/mol. The first kappa shape index (κ1) is 14.8. The van der Waals surface area contributed by atoms with Gasteiger partial charge in [0.25, 0.3) is 0 Å². The van der Waals surface area contributed by atoms with Crippen molar-refractivity contribution in [3.05, 3.63) is 28.2 Å². The van der Waals surface area contributed by atoms with Gasteiger partial charge in [0.1, 0.15) is 4.99 Å². The fourth-order valence-corrected chi connectivity index (χ4v) is 2.45. The normalized spacial score (nSPS) is 11.3. The number of nitrogens with one attached hydrogen (secondary N) is 1. The quantitative estimate of drug-likeness (QED) is 0.807. The van der Waals surface area contributed by atoms with Gasteiger partial charge in [0.2, 0.25) is 0 Å². The Bertz CT molecular complexity index is 419. The van der Waals surface area contributed by atoms with Gasteiger partial charge in [-0.1, -0.05) is 18.3 Å². The monoisotopic (exact) mass is 332 g/mol. The molecule has 17 heavy (non-hydrogen) atoms. The highest BCUT2D eigenvalue weighted by Crippen LogP contribution is 2.27. The lowest BCUT2D eigenvalue weighted by Gasteiger charge is -2.24. The number of rotatable bonds is 5. The second-order valence-corrected chi connectivity index (χ2v) is 7.15. The van der Waals surface area contributed by atoms with Gasteiger partial charge in [-0.05, 0) is 48.2 Å². The van der Waals surface area contributed by atoms with E-state index in [-0.39, 0.29) is 4.75 Å². The van der Waals surface area contributed by atoms with Gasteiger partial charge in [0.05, 0.1) is 0 Å². The molecule has 0 amide bonds. The molecule has 0 radical (unpaired) electrons. The zero-order valence-electron chi connectivity index (χ0n) is 10.2. The summed E-state index contributed by atoms with van der Waals surface area (Å²) < 4.78 is 1.10. The van der Waals surface area contributed by atoms with E-state index in [0.29, 0.717) is 4.99 Å². The highest BCUT2D eigenvalue weighted by atomic mass is 79.9. The Labute approximate surface area is 121 Å². The number of halogens is 1. The van der Waals surface area contributed by atoms with Crippen LogP contribution < -0.4 is 11.1 Å². The number of nitrogens with two attached hydrogens (primary N) is 1. The molecule has 1 aromatic rings. The fourth-order valence-electron chi connectivity index (χ4n) is 1.30. The lowest BCUT2D eigenvalue weighted by Crippen LogP contribution is -2.27.